The smallest absolute Gasteiger partial charge is 0.490 e. The highest BCUT2D eigenvalue weighted by atomic mass is 35.5. The number of carbonyl (C=O) groups excluding carboxylic acids is 1. The summed E-state index contributed by atoms with van der Waals surface area (Å²) in [5.41, 5.74) is 4.24. The Morgan fingerprint density at radius 1 is 0.897 bits per heavy atom. The molecule has 1 fully saturated rings. The van der Waals surface area contributed by atoms with Crippen molar-refractivity contribution in [3.63, 3.8) is 0 Å². The van der Waals surface area contributed by atoms with Crippen LogP contribution in [0, 0.1) is 5.92 Å². The second kappa shape index (κ2) is 19.1. The summed E-state index contributed by atoms with van der Waals surface area (Å²) in [4.78, 5) is 44.4. The summed E-state index contributed by atoms with van der Waals surface area (Å²) in [7, 11) is -2.06. The molecule has 2 aliphatic heterocycles. The molecule has 0 unspecified atom stereocenters. The fraction of sp³-hybridized carbons (Fsp3) is 0.314. The quantitative estimate of drug-likeness (QED) is 0.126. The van der Waals surface area contributed by atoms with Crippen molar-refractivity contribution < 1.29 is 64.1 Å². The van der Waals surface area contributed by atoms with Gasteiger partial charge in [0.2, 0.25) is 21.9 Å². The van der Waals surface area contributed by atoms with E-state index in [9.17, 15) is 39.6 Å². The number of methoxy groups -OCH3 is 1. The van der Waals surface area contributed by atoms with Gasteiger partial charge in [0.25, 0.3) is 0 Å². The summed E-state index contributed by atoms with van der Waals surface area (Å²) in [6.07, 6.45) is -2.21. The molecule has 6 bridgehead atoms. The molecule has 1 amide bonds. The molecular formula is C35H34ClF6N7O8S. The van der Waals surface area contributed by atoms with Crippen LogP contribution in [0.15, 0.2) is 72.0 Å². The van der Waals surface area contributed by atoms with E-state index in [1.54, 1.807) is 37.6 Å². The van der Waals surface area contributed by atoms with E-state index in [2.05, 4.69) is 30.9 Å². The number of carbonyl (C=O) groups is 3. The van der Waals surface area contributed by atoms with Gasteiger partial charge in [-0.05, 0) is 91.3 Å². The molecule has 0 aliphatic carbocycles. The molecule has 6 rings (SSSR count). The van der Waals surface area contributed by atoms with E-state index in [4.69, 9.17) is 36.1 Å². The van der Waals surface area contributed by atoms with Crippen molar-refractivity contribution in [1.29, 1.82) is 0 Å². The minimum absolute atomic E-state index is 0.0822. The predicted octanol–water partition coefficient (Wildman–Crippen LogP) is 6.82. The van der Waals surface area contributed by atoms with Gasteiger partial charge in [0.15, 0.2) is 5.82 Å². The summed E-state index contributed by atoms with van der Waals surface area (Å²) in [6.45, 7) is 0.737. The van der Waals surface area contributed by atoms with Crippen molar-refractivity contribution in [2.45, 2.75) is 49.4 Å². The van der Waals surface area contributed by atoms with Crippen molar-refractivity contribution in [3.05, 3.63) is 83.3 Å². The molecule has 1 saturated heterocycles. The first-order valence-corrected chi connectivity index (χ1v) is 18.6. The minimum atomic E-state index is -5.08. The molecule has 58 heavy (non-hydrogen) atoms. The maximum absolute atomic E-state index is 13.2. The lowest BCUT2D eigenvalue weighted by atomic mass is 9.94. The summed E-state index contributed by atoms with van der Waals surface area (Å²) in [5, 5.41) is 24.2. The molecule has 23 heteroatoms. The van der Waals surface area contributed by atoms with Gasteiger partial charge in [-0.3, -0.25) is 9.78 Å². The Hall–Kier alpha value is -5.74. The average Bonchev–Trinajstić information content (AvgIpc) is 3.16. The van der Waals surface area contributed by atoms with Crippen LogP contribution in [0.3, 0.4) is 0 Å². The van der Waals surface area contributed by atoms with Crippen LogP contribution in [-0.4, -0.2) is 88.3 Å². The van der Waals surface area contributed by atoms with Crippen LogP contribution in [0.25, 0.3) is 0 Å². The molecule has 5 N–H and O–H groups in total. The monoisotopic (exact) mass is 861 g/mol. The number of hydrogen-bond acceptors (Lipinski definition) is 11. The van der Waals surface area contributed by atoms with E-state index in [-0.39, 0.29) is 16.7 Å². The van der Waals surface area contributed by atoms with Gasteiger partial charge in [0.05, 0.1) is 30.1 Å². The first kappa shape index (κ1) is 45.0. The lowest BCUT2D eigenvalue weighted by Gasteiger charge is -2.31. The Morgan fingerprint density at radius 3 is 2.10 bits per heavy atom. The normalized spacial score (nSPS) is 14.5. The Bertz CT molecular complexity index is 2180. The van der Waals surface area contributed by atoms with Crippen LogP contribution in [0.5, 0.6) is 5.75 Å². The van der Waals surface area contributed by atoms with Crippen molar-refractivity contribution in [1.82, 2.24) is 19.3 Å². The van der Waals surface area contributed by atoms with E-state index in [1.807, 2.05) is 30.5 Å². The number of carboxylic acid groups (broad SMARTS) is 2. The van der Waals surface area contributed by atoms with Crippen molar-refractivity contribution in [2.75, 3.05) is 36.1 Å². The first-order valence-electron chi connectivity index (χ1n) is 16.8. The van der Waals surface area contributed by atoms with Crippen molar-refractivity contribution >= 4 is 68.3 Å². The fourth-order valence-corrected chi connectivity index (χ4v) is 7.07. The Labute approximate surface area is 331 Å². The van der Waals surface area contributed by atoms with Crippen LogP contribution in [0.2, 0.25) is 5.02 Å². The number of sulfonamides is 1. The highest BCUT2D eigenvalue weighted by Crippen LogP contribution is 2.31. The number of hydrogen-bond donors (Lipinski definition) is 5. The maximum atomic E-state index is 13.2. The van der Waals surface area contributed by atoms with Crippen LogP contribution in [0.1, 0.15) is 30.4 Å². The number of anilines is 5. The molecule has 0 saturated carbocycles. The highest BCUT2D eigenvalue weighted by Gasteiger charge is 2.39. The van der Waals surface area contributed by atoms with Crippen LogP contribution < -0.4 is 20.7 Å². The molecule has 2 aromatic heterocycles. The van der Waals surface area contributed by atoms with E-state index >= 15 is 0 Å². The van der Waals surface area contributed by atoms with Gasteiger partial charge in [-0.2, -0.15) is 35.6 Å². The van der Waals surface area contributed by atoms with E-state index in [0.29, 0.717) is 67.7 Å². The standard InChI is InChI=1S/C31H32ClN7O4S.2C2HF3O2/c1-43-25-5-7-26(8-6-25)44(41,42)39-12-10-20(11-13-39)15-29(40)37-28-9-4-23-16-22(28)3-2-21-14-24(18-33-17-21)36-31-34-19-27(32)30(35-23)38-31;2*3-2(4,5)1(6)7/h4-9,14,16-20H,2-3,10-13,15H2,1H3,(H,37,40)(H2,34,35,36,38);2*(H,6,7). The number of rotatable bonds is 6. The zero-order chi connectivity index (χ0) is 42.8. The lowest BCUT2D eigenvalue weighted by Crippen LogP contribution is -2.39. The third kappa shape index (κ3) is 12.9. The van der Waals surface area contributed by atoms with Crippen LogP contribution >= 0.6 is 11.6 Å². The number of benzene rings is 2. The first-order chi connectivity index (χ1) is 27.1. The van der Waals surface area contributed by atoms with Crippen LogP contribution in [0.4, 0.5) is 55.2 Å². The Balaban J connectivity index is 0.000000456. The maximum Gasteiger partial charge on any atom is 0.490 e. The van der Waals surface area contributed by atoms with Gasteiger partial charge in [-0.15, -0.1) is 0 Å². The predicted molar refractivity (Wildman–Crippen MR) is 197 cm³/mol. The summed E-state index contributed by atoms with van der Waals surface area (Å²) >= 11 is 6.38. The number of ether oxygens (including phenoxy) is 1. The number of piperidine rings is 1. The number of halogens is 7. The molecular weight excluding hydrogens is 828 g/mol. The third-order valence-electron chi connectivity index (χ3n) is 8.35. The minimum Gasteiger partial charge on any atom is -0.497 e. The van der Waals surface area contributed by atoms with Crippen LogP contribution in [-0.2, 0) is 37.2 Å². The van der Waals surface area contributed by atoms with Gasteiger partial charge in [-0.25, -0.2) is 23.0 Å². The second-order valence-corrected chi connectivity index (χ2v) is 14.8. The topological polar surface area (TPSA) is 213 Å². The largest absolute Gasteiger partial charge is 0.497 e. The molecule has 15 nitrogen and oxygen atoms in total. The zero-order valence-electron chi connectivity index (χ0n) is 30.1. The fourth-order valence-electron chi connectivity index (χ4n) is 5.47. The number of alkyl halides is 6. The molecule has 312 valence electrons. The molecule has 2 aliphatic rings. The van der Waals surface area contributed by atoms with Crippen molar-refractivity contribution in [2.24, 2.45) is 5.92 Å². The Morgan fingerprint density at radius 2 is 1.52 bits per heavy atom. The number of aryl methyl sites for hydroxylation is 2. The van der Waals surface area contributed by atoms with Gasteiger partial charge >= 0.3 is 24.3 Å². The van der Waals surface area contributed by atoms with Gasteiger partial charge in [0.1, 0.15) is 10.8 Å². The summed E-state index contributed by atoms with van der Waals surface area (Å²) in [6, 6.07) is 14.1. The van der Waals surface area contributed by atoms with Crippen molar-refractivity contribution in [3.8, 4) is 5.75 Å². The van der Waals surface area contributed by atoms with E-state index in [1.165, 1.54) is 10.5 Å². The number of carboxylic acids is 2. The molecule has 4 aromatic rings. The van der Waals surface area contributed by atoms with Gasteiger partial charge in [0, 0.05) is 37.1 Å². The number of aromatic nitrogens is 3. The number of nitrogens with zero attached hydrogens (tertiary/aromatic N) is 4. The Kier molecular flexibility index (Phi) is 14.8. The van der Waals surface area contributed by atoms with E-state index < -0.39 is 34.3 Å². The average molecular weight is 862 g/mol. The van der Waals surface area contributed by atoms with Gasteiger partial charge in [-0.1, -0.05) is 11.6 Å². The summed E-state index contributed by atoms with van der Waals surface area (Å²) < 4.78 is 96.3. The zero-order valence-corrected chi connectivity index (χ0v) is 31.6. The lowest BCUT2D eigenvalue weighted by molar-refractivity contribution is -0.193. The number of amides is 1. The number of nitrogens with one attached hydrogen (secondary N) is 3. The summed E-state index contributed by atoms with van der Waals surface area (Å²) in [5.74, 6) is -4.08. The highest BCUT2D eigenvalue weighted by molar-refractivity contribution is 7.89. The molecule has 0 spiro atoms. The van der Waals surface area contributed by atoms with Gasteiger partial charge < -0.3 is 30.9 Å². The SMILES string of the molecule is COc1ccc(S(=O)(=O)N2CCC(CC(=O)Nc3ccc4cc3CCc3cncc(c3)Nc3ncc(Cl)c(n3)N4)CC2)cc1.O=C(O)C(F)(F)F.O=C(O)C(F)(F)F. The number of aliphatic carboxylic acids is 2. The number of fused-ring (bicyclic) bond motifs is 6. The molecule has 0 atom stereocenters. The number of pyridine rings is 1. The van der Waals surface area contributed by atoms with E-state index in [0.717, 1.165) is 28.2 Å². The molecule has 4 heterocycles. The second-order valence-electron chi connectivity index (χ2n) is 12.5. The third-order valence-corrected chi connectivity index (χ3v) is 10.5. The molecule has 2 aromatic carbocycles. The molecule has 0 radical (unpaired) electrons.